The Morgan fingerprint density at radius 2 is 1.49 bits per heavy atom. The Morgan fingerprint density at radius 3 is 2.23 bits per heavy atom. The molecule has 8 heteroatoms. The molecular formula is C27H32N4O3S. The van der Waals surface area contributed by atoms with Gasteiger partial charge in [0, 0.05) is 32.2 Å². The number of aromatic nitrogens is 2. The fourth-order valence-corrected chi connectivity index (χ4v) is 6.65. The summed E-state index contributed by atoms with van der Waals surface area (Å²) in [4.78, 5) is 14.8. The number of benzene rings is 2. The molecule has 0 N–H and O–H groups in total. The van der Waals surface area contributed by atoms with Gasteiger partial charge in [-0.1, -0.05) is 49.6 Å². The van der Waals surface area contributed by atoms with E-state index in [1.807, 2.05) is 42.5 Å². The highest BCUT2D eigenvalue weighted by Crippen LogP contribution is 2.33. The van der Waals surface area contributed by atoms with Crippen LogP contribution in [0.15, 0.2) is 76.4 Å². The highest BCUT2D eigenvalue weighted by atomic mass is 32.2. The van der Waals surface area contributed by atoms with E-state index >= 15 is 0 Å². The molecule has 0 atom stereocenters. The lowest BCUT2D eigenvalue weighted by molar-refractivity contribution is 0.432. The average molecular weight is 493 g/mol. The summed E-state index contributed by atoms with van der Waals surface area (Å²) < 4.78 is 29.8. The summed E-state index contributed by atoms with van der Waals surface area (Å²) in [6, 6.07) is 20.1. The van der Waals surface area contributed by atoms with Gasteiger partial charge in [0.2, 0.25) is 10.0 Å². The van der Waals surface area contributed by atoms with Crippen molar-refractivity contribution in [3.8, 4) is 5.69 Å². The number of anilines is 1. The first-order chi connectivity index (χ1) is 17.0. The van der Waals surface area contributed by atoms with Gasteiger partial charge in [-0.25, -0.2) is 8.42 Å². The van der Waals surface area contributed by atoms with Crippen LogP contribution in [-0.4, -0.2) is 48.7 Å². The third-order valence-electron chi connectivity index (χ3n) is 7.16. The van der Waals surface area contributed by atoms with Gasteiger partial charge in [0.25, 0.3) is 5.56 Å². The van der Waals surface area contributed by atoms with Crippen LogP contribution in [0.25, 0.3) is 5.69 Å². The molecule has 2 heterocycles. The van der Waals surface area contributed by atoms with Gasteiger partial charge in [-0.05, 0) is 61.1 Å². The number of nitrogens with zero attached hydrogens (tertiary/aromatic N) is 4. The Morgan fingerprint density at radius 1 is 0.743 bits per heavy atom. The smallest absolute Gasteiger partial charge is 0.271 e. The van der Waals surface area contributed by atoms with Crippen molar-refractivity contribution in [2.45, 2.75) is 49.3 Å². The lowest BCUT2D eigenvalue weighted by Gasteiger charge is -2.24. The van der Waals surface area contributed by atoms with Crippen LogP contribution in [-0.2, 0) is 10.0 Å². The first kappa shape index (κ1) is 23.8. The summed E-state index contributed by atoms with van der Waals surface area (Å²) in [5.41, 5.74) is 1.76. The average Bonchev–Trinajstić information content (AvgIpc) is 3.17. The minimum atomic E-state index is -3.57. The molecule has 0 spiro atoms. The first-order valence-electron chi connectivity index (χ1n) is 12.5. The van der Waals surface area contributed by atoms with Crippen LogP contribution >= 0.6 is 0 Å². The third-order valence-corrected chi connectivity index (χ3v) is 9.07. The van der Waals surface area contributed by atoms with Gasteiger partial charge in [0.05, 0.1) is 10.6 Å². The second kappa shape index (κ2) is 10.3. The molecule has 2 aromatic carbocycles. The molecule has 2 fully saturated rings. The number of sulfonamides is 1. The van der Waals surface area contributed by atoms with Crippen molar-refractivity contribution in [2.75, 3.05) is 31.1 Å². The topological polar surface area (TPSA) is 75.5 Å². The SMILES string of the molecule is O=c1ccc(N2CCCN(S(=O)(=O)c3ccc(C4CCCCC4)cc3)CC2)nn1-c1ccccc1. The Bertz CT molecular complexity index is 1300. The van der Waals surface area contributed by atoms with Crippen LogP contribution in [0.2, 0.25) is 0 Å². The molecule has 0 unspecified atom stereocenters. The van der Waals surface area contributed by atoms with E-state index in [4.69, 9.17) is 0 Å². The van der Waals surface area contributed by atoms with Crippen molar-refractivity contribution in [1.82, 2.24) is 14.1 Å². The molecule has 7 nitrogen and oxygen atoms in total. The van der Waals surface area contributed by atoms with Crippen LogP contribution in [0.3, 0.4) is 0 Å². The van der Waals surface area contributed by atoms with E-state index in [0.29, 0.717) is 54.9 Å². The van der Waals surface area contributed by atoms with Gasteiger partial charge in [0.15, 0.2) is 0 Å². The Hall–Kier alpha value is -2.97. The Kier molecular flexibility index (Phi) is 7.02. The summed E-state index contributed by atoms with van der Waals surface area (Å²) in [5, 5.41) is 4.57. The maximum Gasteiger partial charge on any atom is 0.271 e. The van der Waals surface area contributed by atoms with Gasteiger partial charge in [0.1, 0.15) is 5.82 Å². The zero-order valence-corrected chi connectivity index (χ0v) is 20.7. The number of hydrogen-bond donors (Lipinski definition) is 0. The highest BCUT2D eigenvalue weighted by Gasteiger charge is 2.28. The van der Waals surface area contributed by atoms with Crippen LogP contribution < -0.4 is 10.5 Å². The summed E-state index contributed by atoms with van der Waals surface area (Å²) in [6.07, 6.45) is 6.89. The van der Waals surface area contributed by atoms with Gasteiger partial charge >= 0.3 is 0 Å². The van der Waals surface area contributed by atoms with Gasteiger partial charge in [-0.15, -0.1) is 5.10 Å². The first-order valence-corrected chi connectivity index (χ1v) is 14.0. The van der Waals surface area contributed by atoms with Crippen molar-refractivity contribution >= 4 is 15.8 Å². The molecule has 2 aliphatic rings. The van der Waals surface area contributed by atoms with Gasteiger partial charge in [-0.3, -0.25) is 4.79 Å². The van der Waals surface area contributed by atoms with Crippen molar-refractivity contribution in [1.29, 1.82) is 0 Å². The van der Waals surface area contributed by atoms with E-state index in [9.17, 15) is 13.2 Å². The predicted molar refractivity (Wildman–Crippen MR) is 138 cm³/mol. The molecule has 1 aliphatic carbocycles. The third kappa shape index (κ3) is 5.18. The molecule has 1 saturated heterocycles. The normalized spacial score (nSPS) is 18.3. The second-order valence-electron chi connectivity index (χ2n) is 9.43. The van der Waals surface area contributed by atoms with E-state index in [1.165, 1.54) is 48.4 Å². The molecule has 1 aliphatic heterocycles. The number of hydrogen-bond acceptors (Lipinski definition) is 5. The fraction of sp³-hybridized carbons (Fsp3) is 0.407. The zero-order valence-electron chi connectivity index (χ0n) is 19.9. The Labute approximate surface area is 207 Å². The molecule has 3 aromatic rings. The molecule has 1 aromatic heterocycles. The second-order valence-corrected chi connectivity index (χ2v) is 11.4. The van der Waals surface area contributed by atoms with Crippen molar-refractivity contribution in [3.63, 3.8) is 0 Å². The fourth-order valence-electron chi connectivity index (χ4n) is 5.18. The lowest BCUT2D eigenvalue weighted by Crippen LogP contribution is -2.36. The molecule has 184 valence electrons. The van der Waals surface area contributed by atoms with E-state index < -0.39 is 10.0 Å². The molecule has 0 radical (unpaired) electrons. The van der Waals surface area contributed by atoms with Crippen LogP contribution in [0, 0.1) is 0 Å². The van der Waals surface area contributed by atoms with Gasteiger partial charge in [-0.2, -0.15) is 8.99 Å². The van der Waals surface area contributed by atoms with Crippen LogP contribution in [0.4, 0.5) is 5.82 Å². The van der Waals surface area contributed by atoms with Crippen molar-refractivity contribution in [2.24, 2.45) is 0 Å². The van der Waals surface area contributed by atoms with Crippen LogP contribution in [0.1, 0.15) is 50.0 Å². The highest BCUT2D eigenvalue weighted by molar-refractivity contribution is 7.89. The lowest BCUT2D eigenvalue weighted by atomic mass is 9.84. The predicted octanol–water partition coefficient (Wildman–Crippen LogP) is 4.18. The molecule has 0 bridgehead atoms. The summed E-state index contributed by atoms with van der Waals surface area (Å²) in [7, 11) is -3.57. The summed E-state index contributed by atoms with van der Waals surface area (Å²) in [6.45, 7) is 2.02. The Balaban J connectivity index is 1.30. The van der Waals surface area contributed by atoms with E-state index in [2.05, 4.69) is 10.00 Å². The quantitative estimate of drug-likeness (QED) is 0.534. The standard InChI is InChI=1S/C27H32N4O3S/c32-27-17-16-26(28-31(27)24-10-5-2-6-11-24)29-18-7-19-30(21-20-29)35(33,34)25-14-12-23(13-15-25)22-8-3-1-4-9-22/h2,5-6,10-17,22H,1,3-4,7-9,18-21H2. The van der Waals surface area contributed by atoms with Crippen molar-refractivity contribution in [3.05, 3.63) is 82.6 Å². The minimum absolute atomic E-state index is 0.198. The molecule has 0 amide bonds. The maximum atomic E-state index is 13.4. The monoisotopic (exact) mass is 492 g/mol. The zero-order chi connectivity index (χ0) is 24.3. The van der Waals surface area contributed by atoms with Crippen molar-refractivity contribution < 1.29 is 8.42 Å². The summed E-state index contributed by atoms with van der Waals surface area (Å²) >= 11 is 0. The van der Waals surface area contributed by atoms with Crippen LogP contribution in [0.5, 0.6) is 0 Å². The maximum absolute atomic E-state index is 13.4. The molecule has 5 rings (SSSR count). The van der Waals surface area contributed by atoms with E-state index in [1.54, 1.807) is 22.5 Å². The molecule has 1 saturated carbocycles. The number of para-hydroxylation sites is 1. The molecule has 35 heavy (non-hydrogen) atoms. The van der Waals surface area contributed by atoms with E-state index in [0.717, 1.165) is 0 Å². The summed E-state index contributed by atoms with van der Waals surface area (Å²) in [5.74, 6) is 1.23. The largest absolute Gasteiger partial charge is 0.354 e. The molecular weight excluding hydrogens is 460 g/mol. The van der Waals surface area contributed by atoms with Gasteiger partial charge < -0.3 is 4.90 Å². The van der Waals surface area contributed by atoms with E-state index in [-0.39, 0.29) is 5.56 Å². The minimum Gasteiger partial charge on any atom is -0.354 e. The number of rotatable bonds is 5.